The SMILES string of the molecule is Cc1cc(-c2nc3c(-c4cc(-c5ccccn5)cc(C(C)C)c4)cccc3n2C)c(O)cn1. The number of rotatable bonds is 4. The van der Waals surface area contributed by atoms with E-state index in [4.69, 9.17) is 4.98 Å². The molecule has 3 aromatic heterocycles. The van der Waals surface area contributed by atoms with Gasteiger partial charge >= 0.3 is 0 Å². The van der Waals surface area contributed by atoms with Gasteiger partial charge in [0.2, 0.25) is 0 Å². The Morgan fingerprint density at radius 3 is 2.45 bits per heavy atom. The number of aromatic hydroxyl groups is 1. The first kappa shape index (κ1) is 20.9. The van der Waals surface area contributed by atoms with Gasteiger partial charge in [0.25, 0.3) is 0 Å². The van der Waals surface area contributed by atoms with Crippen molar-refractivity contribution in [1.82, 2.24) is 19.5 Å². The summed E-state index contributed by atoms with van der Waals surface area (Å²) >= 11 is 0. The summed E-state index contributed by atoms with van der Waals surface area (Å²) in [6.45, 7) is 6.32. The highest BCUT2D eigenvalue weighted by Gasteiger charge is 2.18. The van der Waals surface area contributed by atoms with Gasteiger partial charge in [0, 0.05) is 30.1 Å². The number of pyridine rings is 2. The molecule has 5 nitrogen and oxygen atoms in total. The standard InChI is InChI=1S/C28H26N4O/c1-17(2)19-13-20(15-21(14-19)24-9-5-6-11-29-24)22-8-7-10-25-27(22)31-28(32(25)4)23-12-18(3)30-16-26(23)33/h5-17,33H,1-4H3. The van der Waals surface area contributed by atoms with Gasteiger partial charge in [0.1, 0.15) is 11.6 Å². The van der Waals surface area contributed by atoms with E-state index in [0.717, 1.165) is 39.1 Å². The van der Waals surface area contributed by atoms with Crippen LogP contribution in [0.1, 0.15) is 31.0 Å². The molecule has 0 aliphatic rings. The number of aromatic nitrogens is 4. The first-order chi connectivity index (χ1) is 15.9. The number of imidazole rings is 1. The molecular weight excluding hydrogens is 408 g/mol. The summed E-state index contributed by atoms with van der Waals surface area (Å²) in [7, 11) is 1.98. The average Bonchev–Trinajstić information content (AvgIpc) is 3.17. The van der Waals surface area contributed by atoms with Gasteiger partial charge in [0.05, 0.1) is 28.5 Å². The maximum atomic E-state index is 10.5. The zero-order valence-electron chi connectivity index (χ0n) is 19.2. The molecule has 0 aliphatic heterocycles. The van der Waals surface area contributed by atoms with Crippen molar-refractivity contribution in [3.05, 3.63) is 84.3 Å². The van der Waals surface area contributed by atoms with Crippen molar-refractivity contribution in [3.8, 4) is 39.5 Å². The summed E-state index contributed by atoms with van der Waals surface area (Å²) < 4.78 is 2.03. The van der Waals surface area contributed by atoms with Crippen molar-refractivity contribution in [1.29, 1.82) is 0 Å². The van der Waals surface area contributed by atoms with E-state index in [1.807, 2.05) is 49.0 Å². The number of para-hydroxylation sites is 1. The molecule has 0 radical (unpaired) electrons. The number of nitrogens with zero attached hydrogens (tertiary/aromatic N) is 4. The molecule has 33 heavy (non-hydrogen) atoms. The van der Waals surface area contributed by atoms with E-state index in [0.29, 0.717) is 17.3 Å². The van der Waals surface area contributed by atoms with Crippen LogP contribution in [0.25, 0.3) is 44.8 Å². The molecule has 1 N–H and O–H groups in total. The van der Waals surface area contributed by atoms with Gasteiger partial charge in [-0.1, -0.05) is 38.1 Å². The predicted octanol–water partition coefficient (Wildman–Crippen LogP) is 6.50. The Balaban J connectivity index is 1.74. The third kappa shape index (κ3) is 3.76. The monoisotopic (exact) mass is 434 g/mol. The fraction of sp³-hybridized carbons (Fsp3) is 0.179. The average molecular weight is 435 g/mol. The number of hydrogen-bond donors (Lipinski definition) is 1. The molecule has 5 aromatic rings. The van der Waals surface area contributed by atoms with Crippen LogP contribution in [0.2, 0.25) is 0 Å². The Morgan fingerprint density at radius 2 is 1.70 bits per heavy atom. The van der Waals surface area contributed by atoms with Crippen molar-refractivity contribution in [3.63, 3.8) is 0 Å². The Kier molecular flexibility index (Phi) is 5.17. The summed E-state index contributed by atoms with van der Waals surface area (Å²) in [5, 5.41) is 10.5. The highest BCUT2D eigenvalue weighted by Crippen LogP contribution is 2.37. The molecule has 0 spiro atoms. The molecule has 5 heteroatoms. The van der Waals surface area contributed by atoms with Crippen LogP contribution in [0.5, 0.6) is 5.75 Å². The first-order valence-electron chi connectivity index (χ1n) is 11.1. The van der Waals surface area contributed by atoms with Crippen LogP contribution in [0.15, 0.2) is 73.1 Å². The van der Waals surface area contributed by atoms with Crippen LogP contribution in [-0.2, 0) is 7.05 Å². The zero-order valence-corrected chi connectivity index (χ0v) is 19.2. The molecule has 2 aromatic carbocycles. The van der Waals surface area contributed by atoms with Crippen molar-refractivity contribution >= 4 is 11.0 Å². The lowest BCUT2D eigenvalue weighted by Crippen LogP contribution is -1.94. The van der Waals surface area contributed by atoms with Crippen LogP contribution < -0.4 is 0 Å². The van der Waals surface area contributed by atoms with Crippen molar-refractivity contribution in [2.75, 3.05) is 0 Å². The Labute approximate surface area is 193 Å². The lowest BCUT2D eigenvalue weighted by molar-refractivity contribution is 0.473. The molecule has 5 rings (SSSR count). The molecule has 3 heterocycles. The van der Waals surface area contributed by atoms with Gasteiger partial charge < -0.3 is 9.67 Å². The first-order valence-corrected chi connectivity index (χ1v) is 11.1. The molecule has 164 valence electrons. The molecular formula is C28H26N4O. The van der Waals surface area contributed by atoms with Crippen LogP contribution >= 0.6 is 0 Å². The fourth-order valence-electron chi connectivity index (χ4n) is 4.24. The van der Waals surface area contributed by atoms with E-state index in [9.17, 15) is 5.11 Å². The van der Waals surface area contributed by atoms with Gasteiger partial charge in [-0.2, -0.15) is 0 Å². The molecule has 0 fully saturated rings. The normalized spacial score (nSPS) is 11.4. The number of hydrogen-bond acceptors (Lipinski definition) is 4. The Morgan fingerprint density at radius 1 is 0.879 bits per heavy atom. The quantitative estimate of drug-likeness (QED) is 0.351. The van der Waals surface area contributed by atoms with E-state index in [1.54, 1.807) is 0 Å². The fourth-order valence-corrected chi connectivity index (χ4v) is 4.24. The van der Waals surface area contributed by atoms with Crippen LogP contribution in [0.4, 0.5) is 0 Å². The predicted molar refractivity (Wildman–Crippen MR) is 133 cm³/mol. The van der Waals surface area contributed by atoms with E-state index >= 15 is 0 Å². The van der Waals surface area contributed by atoms with E-state index in [2.05, 4.69) is 60.2 Å². The van der Waals surface area contributed by atoms with Crippen molar-refractivity contribution < 1.29 is 5.11 Å². The minimum atomic E-state index is 0.125. The molecule has 0 aliphatic carbocycles. The number of benzene rings is 2. The Hall–Kier alpha value is -3.99. The molecule has 0 unspecified atom stereocenters. The zero-order chi connectivity index (χ0) is 23.1. The Bertz CT molecular complexity index is 1470. The molecule has 0 bridgehead atoms. The maximum absolute atomic E-state index is 10.5. The van der Waals surface area contributed by atoms with Gasteiger partial charge in [-0.25, -0.2) is 4.98 Å². The molecule has 0 amide bonds. The lowest BCUT2D eigenvalue weighted by atomic mass is 9.93. The van der Waals surface area contributed by atoms with Crippen LogP contribution in [-0.4, -0.2) is 24.6 Å². The van der Waals surface area contributed by atoms with E-state index in [1.165, 1.54) is 11.8 Å². The van der Waals surface area contributed by atoms with Gasteiger partial charge in [-0.05, 0) is 60.4 Å². The molecule has 0 saturated carbocycles. The summed E-state index contributed by atoms with van der Waals surface area (Å²) in [5.74, 6) is 1.22. The van der Waals surface area contributed by atoms with E-state index in [-0.39, 0.29) is 5.75 Å². The summed E-state index contributed by atoms with van der Waals surface area (Å²) in [5.41, 5.74) is 8.87. The second-order valence-corrected chi connectivity index (χ2v) is 8.72. The van der Waals surface area contributed by atoms with Gasteiger partial charge in [-0.15, -0.1) is 0 Å². The lowest BCUT2D eigenvalue weighted by Gasteiger charge is -2.13. The van der Waals surface area contributed by atoms with Crippen molar-refractivity contribution in [2.45, 2.75) is 26.7 Å². The largest absolute Gasteiger partial charge is 0.506 e. The third-order valence-corrected chi connectivity index (χ3v) is 6.07. The summed E-state index contributed by atoms with van der Waals surface area (Å²) in [4.78, 5) is 13.8. The smallest absolute Gasteiger partial charge is 0.144 e. The van der Waals surface area contributed by atoms with Gasteiger partial charge in [-0.3, -0.25) is 9.97 Å². The maximum Gasteiger partial charge on any atom is 0.144 e. The second kappa shape index (κ2) is 8.17. The summed E-state index contributed by atoms with van der Waals surface area (Å²) in [6.07, 6.45) is 3.31. The van der Waals surface area contributed by atoms with Crippen LogP contribution in [0.3, 0.4) is 0 Å². The molecule has 0 saturated heterocycles. The minimum Gasteiger partial charge on any atom is -0.506 e. The topological polar surface area (TPSA) is 63.8 Å². The summed E-state index contributed by atoms with van der Waals surface area (Å²) in [6, 6.07) is 20.7. The highest BCUT2D eigenvalue weighted by atomic mass is 16.3. The molecule has 0 atom stereocenters. The van der Waals surface area contributed by atoms with Crippen molar-refractivity contribution in [2.24, 2.45) is 7.05 Å². The third-order valence-electron chi connectivity index (χ3n) is 6.07. The number of aryl methyl sites for hydroxylation is 2. The van der Waals surface area contributed by atoms with Gasteiger partial charge in [0.15, 0.2) is 0 Å². The second-order valence-electron chi connectivity index (χ2n) is 8.72. The minimum absolute atomic E-state index is 0.125. The van der Waals surface area contributed by atoms with E-state index < -0.39 is 0 Å². The highest BCUT2D eigenvalue weighted by molar-refractivity contribution is 5.95. The van der Waals surface area contributed by atoms with Crippen LogP contribution in [0, 0.1) is 6.92 Å². The number of fused-ring (bicyclic) bond motifs is 1.